The predicted octanol–water partition coefficient (Wildman–Crippen LogP) is 2.44. The van der Waals surface area contributed by atoms with Crippen molar-refractivity contribution in [3.05, 3.63) is 53.7 Å². The highest BCUT2D eigenvalue weighted by Crippen LogP contribution is 2.20. The molecule has 1 aromatic heterocycles. The molecular formula is C13H8N2O3. The summed E-state index contributed by atoms with van der Waals surface area (Å²) in [6.45, 7) is 0. The minimum atomic E-state index is -1.03. The molecular weight excluding hydrogens is 232 g/mol. The third-order valence-electron chi connectivity index (χ3n) is 2.17. The van der Waals surface area contributed by atoms with Gasteiger partial charge >= 0.3 is 5.97 Å². The molecule has 0 radical (unpaired) electrons. The van der Waals surface area contributed by atoms with Gasteiger partial charge in [-0.3, -0.25) is 0 Å². The molecule has 0 aliphatic carbocycles. The molecule has 0 aliphatic rings. The van der Waals surface area contributed by atoms with Crippen LogP contribution in [0, 0.1) is 11.3 Å². The number of nitrogens with zero attached hydrogens (tertiary/aromatic N) is 2. The monoisotopic (exact) mass is 240 g/mol. The summed E-state index contributed by atoms with van der Waals surface area (Å²) >= 11 is 0. The molecule has 88 valence electrons. The zero-order valence-corrected chi connectivity index (χ0v) is 9.20. The van der Waals surface area contributed by atoms with Crippen LogP contribution < -0.4 is 4.74 Å². The summed E-state index contributed by atoms with van der Waals surface area (Å²) in [5.41, 5.74) is 0.554. The number of carboxylic acids is 1. The van der Waals surface area contributed by atoms with Crippen molar-refractivity contribution in [2.24, 2.45) is 0 Å². The third-order valence-corrected chi connectivity index (χ3v) is 2.17. The fourth-order valence-electron chi connectivity index (χ4n) is 1.35. The van der Waals surface area contributed by atoms with Gasteiger partial charge in [-0.2, -0.15) is 5.26 Å². The van der Waals surface area contributed by atoms with Gasteiger partial charge in [-0.25, -0.2) is 9.78 Å². The second kappa shape index (κ2) is 4.97. The highest BCUT2D eigenvalue weighted by Gasteiger charge is 2.05. The lowest BCUT2D eigenvalue weighted by Gasteiger charge is -2.05. The quantitative estimate of drug-likeness (QED) is 0.890. The molecule has 5 nitrogen and oxygen atoms in total. The molecule has 0 fully saturated rings. The molecule has 0 aliphatic heterocycles. The Balaban J connectivity index is 2.26. The lowest BCUT2D eigenvalue weighted by molar-refractivity contribution is 0.0696. The number of carbonyl (C=O) groups is 1. The summed E-state index contributed by atoms with van der Waals surface area (Å²) in [6, 6.07) is 11.1. The third kappa shape index (κ3) is 2.62. The van der Waals surface area contributed by atoms with Gasteiger partial charge in [-0.15, -0.1) is 0 Å². The van der Waals surface area contributed by atoms with Crippen LogP contribution in [0.5, 0.6) is 11.6 Å². The minimum absolute atomic E-state index is 0.129. The largest absolute Gasteiger partial charge is 0.478 e. The summed E-state index contributed by atoms with van der Waals surface area (Å²) in [4.78, 5) is 14.7. The van der Waals surface area contributed by atoms with Gasteiger partial charge in [-0.1, -0.05) is 6.07 Å². The number of pyridine rings is 1. The molecule has 0 atom stereocenters. The Morgan fingerprint density at radius 3 is 2.89 bits per heavy atom. The molecule has 0 saturated heterocycles. The molecule has 1 aromatic carbocycles. The minimum Gasteiger partial charge on any atom is -0.478 e. The van der Waals surface area contributed by atoms with E-state index in [9.17, 15) is 4.79 Å². The maximum Gasteiger partial charge on any atom is 0.335 e. The Morgan fingerprint density at radius 1 is 1.33 bits per heavy atom. The van der Waals surface area contributed by atoms with E-state index in [1.165, 1.54) is 24.4 Å². The summed E-state index contributed by atoms with van der Waals surface area (Å²) in [6.07, 6.45) is 1.45. The van der Waals surface area contributed by atoms with Gasteiger partial charge in [0.2, 0.25) is 5.88 Å². The normalized spacial score (nSPS) is 9.50. The van der Waals surface area contributed by atoms with E-state index >= 15 is 0 Å². The number of nitriles is 1. The summed E-state index contributed by atoms with van der Waals surface area (Å²) in [5, 5.41) is 17.6. The summed E-state index contributed by atoms with van der Waals surface area (Å²) in [7, 11) is 0. The van der Waals surface area contributed by atoms with E-state index in [0.29, 0.717) is 11.3 Å². The fourth-order valence-corrected chi connectivity index (χ4v) is 1.35. The average Bonchev–Trinajstić information content (AvgIpc) is 2.39. The highest BCUT2D eigenvalue weighted by atomic mass is 16.5. The van der Waals surface area contributed by atoms with Crippen molar-refractivity contribution in [3.8, 4) is 17.7 Å². The van der Waals surface area contributed by atoms with Crippen molar-refractivity contribution in [3.63, 3.8) is 0 Å². The topological polar surface area (TPSA) is 83.2 Å². The van der Waals surface area contributed by atoms with Gasteiger partial charge in [0, 0.05) is 12.3 Å². The maximum atomic E-state index is 10.8. The van der Waals surface area contributed by atoms with Crippen LogP contribution in [0.25, 0.3) is 0 Å². The van der Waals surface area contributed by atoms with Gasteiger partial charge in [-0.05, 0) is 24.3 Å². The molecule has 2 aromatic rings. The number of hydrogen-bond acceptors (Lipinski definition) is 4. The first kappa shape index (κ1) is 11.6. The number of carboxylic acid groups (broad SMARTS) is 1. The number of aromatic nitrogens is 1. The van der Waals surface area contributed by atoms with Crippen molar-refractivity contribution in [2.75, 3.05) is 0 Å². The molecule has 5 heteroatoms. The molecule has 0 saturated carbocycles. The van der Waals surface area contributed by atoms with Gasteiger partial charge in [0.05, 0.1) is 17.2 Å². The van der Waals surface area contributed by atoms with E-state index in [-0.39, 0.29) is 11.4 Å². The van der Waals surface area contributed by atoms with Gasteiger partial charge < -0.3 is 9.84 Å². The van der Waals surface area contributed by atoms with Crippen LogP contribution in [0.1, 0.15) is 15.9 Å². The number of ether oxygens (including phenoxy) is 1. The zero-order valence-electron chi connectivity index (χ0n) is 9.20. The molecule has 1 N–H and O–H groups in total. The molecule has 0 bridgehead atoms. The second-order valence-corrected chi connectivity index (χ2v) is 3.43. The van der Waals surface area contributed by atoms with Crippen LogP contribution in [-0.4, -0.2) is 16.1 Å². The molecule has 0 unspecified atom stereocenters. The number of hydrogen-bond donors (Lipinski definition) is 1. The highest BCUT2D eigenvalue weighted by molar-refractivity contribution is 5.88. The molecule has 18 heavy (non-hydrogen) atoms. The van der Waals surface area contributed by atoms with Crippen molar-refractivity contribution in [1.82, 2.24) is 4.98 Å². The first-order valence-electron chi connectivity index (χ1n) is 5.06. The molecule has 0 spiro atoms. The first-order valence-corrected chi connectivity index (χ1v) is 5.06. The molecule has 0 amide bonds. The van der Waals surface area contributed by atoms with Crippen LogP contribution in [0.3, 0.4) is 0 Å². The van der Waals surface area contributed by atoms with E-state index < -0.39 is 5.97 Å². The van der Waals surface area contributed by atoms with Crippen LogP contribution in [0.2, 0.25) is 0 Å². The standard InChI is InChI=1S/C13H8N2O3/c14-8-9-4-5-15-12(6-9)18-11-3-1-2-10(7-11)13(16)17/h1-7H,(H,16,17). The summed E-state index contributed by atoms with van der Waals surface area (Å²) in [5.74, 6) is -0.423. The van der Waals surface area contributed by atoms with Gasteiger partial charge in [0.1, 0.15) is 5.75 Å². The first-order chi connectivity index (χ1) is 8.69. The lowest BCUT2D eigenvalue weighted by Crippen LogP contribution is -1.96. The van der Waals surface area contributed by atoms with Crippen LogP contribution >= 0.6 is 0 Å². The number of benzene rings is 1. The van der Waals surface area contributed by atoms with Crippen molar-refractivity contribution in [1.29, 1.82) is 5.26 Å². The Labute approximate surface area is 103 Å². The van der Waals surface area contributed by atoms with E-state index in [1.807, 2.05) is 6.07 Å². The number of rotatable bonds is 3. The Morgan fingerprint density at radius 2 is 2.17 bits per heavy atom. The number of aromatic carboxylic acids is 1. The molecule has 1 heterocycles. The average molecular weight is 240 g/mol. The van der Waals surface area contributed by atoms with Crippen molar-refractivity contribution < 1.29 is 14.6 Å². The van der Waals surface area contributed by atoms with Crippen molar-refractivity contribution >= 4 is 5.97 Å². The second-order valence-electron chi connectivity index (χ2n) is 3.43. The SMILES string of the molecule is N#Cc1ccnc(Oc2cccc(C(=O)O)c2)c1. The van der Waals surface area contributed by atoms with Crippen LogP contribution in [0.15, 0.2) is 42.6 Å². The van der Waals surface area contributed by atoms with E-state index in [0.717, 1.165) is 0 Å². The van der Waals surface area contributed by atoms with Gasteiger partial charge in [0.25, 0.3) is 0 Å². The molecule has 2 rings (SSSR count). The predicted molar refractivity (Wildman–Crippen MR) is 62.4 cm³/mol. The van der Waals surface area contributed by atoms with Gasteiger partial charge in [0.15, 0.2) is 0 Å². The van der Waals surface area contributed by atoms with E-state index in [2.05, 4.69) is 4.98 Å². The Bertz CT molecular complexity index is 632. The van der Waals surface area contributed by atoms with E-state index in [1.54, 1.807) is 18.2 Å². The summed E-state index contributed by atoms with van der Waals surface area (Å²) < 4.78 is 5.39. The van der Waals surface area contributed by atoms with Crippen molar-refractivity contribution in [2.45, 2.75) is 0 Å². The van der Waals surface area contributed by atoms with Crippen LogP contribution in [0.4, 0.5) is 0 Å². The Hall–Kier alpha value is -2.87. The van der Waals surface area contributed by atoms with E-state index in [4.69, 9.17) is 15.1 Å². The fraction of sp³-hybridized carbons (Fsp3) is 0. The maximum absolute atomic E-state index is 10.8. The van der Waals surface area contributed by atoms with Crippen LogP contribution in [-0.2, 0) is 0 Å². The zero-order chi connectivity index (χ0) is 13.0. The smallest absolute Gasteiger partial charge is 0.335 e. The lowest BCUT2D eigenvalue weighted by atomic mass is 10.2. The Kier molecular flexibility index (Phi) is 3.21.